The number of aromatic nitrogens is 3. The predicted octanol–water partition coefficient (Wildman–Crippen LogP) is 3.45. The Bertz CT molecular complexity index is 931. The quantitative estimate of drug-likeness (QED) is 0.531. The van der Waals surface area contributed by atoms with Crippen molar-refractivity contribution in [1.82, 2.24) is 10.1 Å². The predicted molar refractivity (Wildman–Crippen MR) is 83.1 cm³/mol. The average molecular weight is 288 g/mol. The van der Waals surface area contributed by atoms with Gasteiger partial charge >= 0.3 is 5.65 Å². The first-order chi connectivity index (χ1) is 10.8. The summed E-state index contributed by atoms with van der Waals surface area (Å²) in [6, 6.07) is 22.3. The Labute approximate surface area is 127 Å². The molecule has 0 aliphatic heterocycles. The van der Waals surface area contributed by atoms with Gasteiger partial charge in [0.1, 0.15) is 5.69 Å². The Balaban J connectivity index is 2.03. The van der Waals surface area contributed by atoms with Crippen molar-refractivity contribution < 1.29 is 9.20 Å². The molecule has 0 amide bonds. The van der Waals surface area contributed by atoms with E-state index in [9.17, 15) is 0 Å². The molecule has 2 heterocycles. The molecule has 4 heteroatoms. The van der Waals surface area contributed by atoms with E-state index in [1.165, 1.54) is 0 Å². The summed E-state index contributed by atoms with van der Waals surface area (Å²) in [6.07, 6.45) is 0. The van der Waals surface area contributed by atoms with Gasteiger partial charge in [-0.05, 0) is 4.57 Å². The molecule has 0 unspecified atom stereocenters. The van der Waals surface area contributed by atoms with Crippen LogP contribution < -0.4 is 4.57 Å². The Morgan fingerprint density at radius 1 is 0.864 bits per heavy atom. The van der Waals surface area contributed by atoms with Gasteiger partial charge in [-0.2, -0.15) is 0 Å². The van der Waals surface area contributed by atoms with Crippen LogP contribution in [0.3, 0.4) is 0 Å². The number of hydrogen-bond acceptors (Lipinski definition) is 3. The highest BCUT2D eigenvalue weighted by Gasteiger charge is 2.21. The molecule has 4 aromatic rings. The van der Waals surface area contributed by atoms with Crippen LogP contribution in [0.5, 0.6) is 0 Å². The normalized spacial score (nSPS) is 11.0. The molecule has 0 N–H and O–H groups in total. The highest BCUT2D eigenvalue weighted by Crippen LogP contribution is 2.23. The van der Waals surface area contributed by atoms with Gasteiger partial charge in [-0.25, -0.2) is 0 Å². The van der Waals surface area contributed by atoms with Gasteiger partial charge in [-0.15, -0.1) is 4.63 Å². The van der Waals surface area contributed by atoms with E-state index >= 15 is 0 Å². The zero-order valence-electron chi connectivity index (χ0n) is 12.1. The second-order valence-corrected chi connectivity index (χ2v) is 5.14. The number of nitrogens with zero attached hydrogens (tertiary/aromatic N) is 3. The minimum absolute atomic E-state index is 0.736. The lowest BCUT2D eigenvalue weighted by Crippen LogP contribution is -2.23. The smallest absolute Gasteiger partial charge is 0.134 e. The van der Waals surface area contributed by atoms with Gasteiger partial charge in [0.2, 0.25) is 5.69 Å². The van der Waals surface area contributed by atoms with Crippen LogP contribution in [0.15, 0.2) is 71.4 Å². The highest BCUT2D eigenvalue weighted by molar-refractivity contribution is 5.67. The van der Waals surface area contributed by atoms with Crippen LogP contribution in [0.25, 0.3) is 28.2 Å². The molecule has 22 heavy (non-hydrogen) atoms. The maximum atomic E-state index is 5.43. The van der Waals surface area contributed by atoms with Crippen molar-refractivity contribution >= 4 is 5.65 Å². The van der Waals surface area contributed by atoms with Gasteiger partial charge in [0.05, 0.1) is 5.16 Å². The first-order valence-corrected chi connectivity index (χ1v) is 7.13. The van der Waals surface area contributed by atoms with Crippen LogP contribution in [0.2, 0.25) is 0 Å². The fourth-order valence-electron chi connectivity index (χ4n) is 2.51. The second kappa shape index (κ2) is 5.07. The summed E-state index contributed by atoms with van der Waals surface area (Å²) in [5.74, 6) is 0. The van der Waals surface area contributed by atoms with E-state index < -0.39 is 0 Å². The number of aryl methyl sites for hydroxylation is 1. The second-order valence-electron chi connectivity index (χ2n) is 5.14. The standard InChI is InChI=1S/C18H14N3O/c1-13-18-19-16(14-8-4-2-5-9-14)12-17(21(18)22-20-13)15-10-6-3-7-11-15/h2-12H,1H3/q+1. The van der Waals surface area contributed by atoms with Crippen LogP contribution >= 0.6 is 0 Å². The molecule has 0 atom stereocenters. The van der Waals surface area contributed by atoms with Crippen molar-refractivity contribution in [2.75, 3.05) is 0 Å². The lowest BCUT2D eigenvalue weighted by atomic mass is 10.1. The number of benzene rings is 2. The minimum Gasteiger partial charge on any atom is -0.134 e. The van der Waals surface area contributed by atoms with E-state index in [2.05, 4.69) is 29.4 Å². The molecule has 0 radical (unpaired) electrons. The molecule has 0 saturated heterocycles. The first-order valence-electron chi connectivity index (χ1n) is 7.13. The lowest BCUT2D eigenvalue weighted by Gasteiger charge is -2.01. The number of rotatable bonds is 2. The molecule has 0 fully saturated rings. The third-order valence-corrected chi connectivity index (χ3v) is 3.63. The number of fused-ring (bicyclic) bond motifs is 1. The van der Waals surface area contributed by atoms with Gasteiger partial charge < -0.3 is 0 Å². The van der Waals surface area contributed by atoms with E-state index in [1.807, 2.05) is 49.4 Å². The van der Waals surface area contributed by atoms with E-state index in [-0.39, 0.29) is 0 Å². The summed E-state index contributed by atoms with van der Waals surface area (Å²) in [7, 11) is 0. The third kappa shape index (κ3) is 2.05. The fourth-order valence-corrected chi connectivity index (χ4v) is 2.51. The molecule has 0 aliphatic rings. The Hall–Kier alpha value is -3.01. The van der Waals surface area contributed by atoms with Gasteiger partial charge in [-0.1, -0.05) is 65.6 Å². The van der Waals surface area contributed by atoms with Gasteiger partial charge in [0.25, 0.3) is 0 Å². The first kappa shape index (κ1) is 12.7. The topological polar surface area (TPSA) is 43.0 Å². The molecule has 106 valence electrons. The van der Waals surface area contributed by atoms with Crippen LogP contribution in [-0.2, 0) is 0 Å². The molecule has 0 saturated carbocycles. The fraction of sp³-hybridized carbons (Fsp3) is 0.0556. The molecular formula is C18H14N3O+. The summed E-state index contributed by atoms with van der Waals surface area (Å²) < 4.78 is 7.11. The molecule has 0 spiro atoms. The van der Waals surface area contributed by atoms with Crippen LogP contribution in [0, 0.1) is 6.92 Å². The monoisotopic (exact) mass is 288 g/mol. The SMILES string of the molecule is Cc1no[n+]2c(-c3ccccc3)cc(-c3ccccc3)nc12. The van der Waals surface area contributed by atoms with Gasteiger partial charge in [0, 0.05) is 24.1 Å². The average Bonchev–Trinajstić information content (AvgIpc) is 2.97. The van der Waals surface area contributed by atoms with Crippen molar-refractivity contribution in [3.8, 4) is 22.5 Å². The summed E-state index contributed by atoms with van der Waals surface area (Å²) in [5.41, 5.74) is 5.49. The molecule has 0 aliphatic carbocycles. The van der Waals surface area contributed by atoms with Crippen LogP contribution in [0.1, 0.15) is 5.69 Å². The maximum Gasteiger partial charge on any atom is 0.344 e. The molecule has 2 aromatic heterocycles. The lowest BCUT2D eigenvalue weighted by molar-refractivity contribution is -0.720. The van der Waals surface area contributed by atoms with E-state index in [0.717, 1.165) is 33.9 Å². The molecule has 2 aromatic carbocycles. The molecular weight excluding hydrogens is 274 g/mol. The largest absolute Gasteiger partial charge is 0.344 e. The van der Waals surface area contributed by atoms with Gasteiger partial charge in [-0.3, -0.25) is 0 Å². The van der Waals surface area contributed by atoms with Crippen molar-refractivity contribution in [2.24, 2.45) is 0 Å². The van der Waals surface area contributed by atoms with Gasteiger partial charge in [0.15, 0.2) is 5.69 Å². The zero-order chi connectivity index (χ0) is 14.9. The Kier molecular flexibility index (Phi) is 2.93. The molecule has 0 bridgehead atoms. The summed E-state index contributed by atoms with van der Waals surface area (Å²) in [6.45, 7) is 1.90. The van der Waals surface area contributed by atoms with Crippen molar-refractivity contribution in [3.63, 3.8) is 0 Å². The van der Waals surface area contributed by atoms with Crippen molar-refractivity contribution in [2.45, 2.75) is 6.92 Å². The van der Waals surface area contributed by atoms with Crippen molar-refractivity contribution in [1.29, 1.82) is 0 Å². The summed E-state index contributed by atoms with van der Waals surface area (Å²) in [4.78, 5) is 4.70. The third-order valence-electron chi connectivity index (χ3n) is 3.63. The summed E-state index contributed by atoms with van der Waals surface area (Å²) in [5, 5.41) is 4.04. The maximum absolute atomic E-state index is 5.43. The molecule has 4 rings (SSSR count). The Morgan fingerprint density at radius 3 is 2.18 bits per heavy atom. The minimum atomic E-state index is 0.736. The van der Waals surface area contributed by atoms with Crippen molar-refractivity contribution in [3.05, 3.63) is 72.4 Å². The Morgan fingerprint density at radius 2 is 1.50 bits per heavy atom. The molecule has 4 nitrogen and oxygen atoms in total. The van der Waals surface area contributed by atoms with E-state index in [4.69, 9.17) is 9.61 Å². The zero-order valence-corrected chi connectivity index (χ0v) is 12.1. The highest BCUT2D eigenvalue weighted by atomic mass is 16.6. The number of hydrogen-bond donors (Lipinski definition) is 0. The van der Waals surface area contributed by atoms with E-state index in [1.54, 1.807) is 4.57 Å². The van der Waals surface area contributed by atoms with Crippen LogP contribution in [0.4, 0.5) is 0 Å². The van der Waals surface area contributed by atoms with Crippen LogP contribution in [-0.4, -0.2) is 10.1 Å². The van der Waals surface area contributed by atoms with E-state index in [0.29, 0.717) is 0 Å². The summed E-state index contributed by atoms with van der Waals surface area (Å²) >= 11 is 0.